The number of hydrogen-bond acceptors (Lipinski definition) is 5. The Labute approximate surface area is 86.4 Å². The van der Waals surface area contributed by atoms with E-state index < -0.39 is 0 Å². The third-order valence-corrected chi connectivity index (χ3v) is 2.72. The van der Waals surface area contributed by atoms with Crippen molar-refractivity contribution in [2.24, 2.45) is 0 Å². The van der Waals surface area contributed by atoms with E-state index >= 15 is 0 Å². The number of nitrogens with one attached hydrogen (secondary N) is 1. The van der Waals surface area contributed by atoms with Crippen LogP contribution in [0, 0.1) is 0 Å². The van der Waals surface area contributed by atoms with Crippen LogP contribution in [-0.2, 0) is 5.88 Å². The normalized spacial score (nSPS) is 12.8. The molecule has 1 aromatic rings. The van der Waals surface area contributed by atoms with Crippen LogP contribution in [0.5, 0.6) is 0 Å². The second-order valence-corrected chi connectivity index (χ2v) is 4.11. The van der Waals surface area contributed by atoms with Crippen LogP contribution in [-0.4, -0.2) is 28.2 Å². The van der Waals surface area contributed by atoms with Crippen LogP contribution in [0.3, 0.4) is 0 Å². The van der Waals surface area contributed by atoms with Gasteiger partial charge in [-0.1, -0.05) is 12.0 Å². The van der Waals surface area contributed by atoms with E-state index in [1.54, 1.807) is 11.8 Å². The average molecular weight is 222 g/mol. The Morgan fingerprint density at radius 2 is 2.38 bits per heavy atom. The van der Waals surface area contributed by atoms with Crippen molar-refractivity contribution in [2.45, 2.75) is 18.1 Å². The number of hydrogen-bond donors (Lipinski definition) is 1. The molecule has 1 heterocycles. The Bertz CT molecular complexity index is 256. The summed E-state index contributed by atoms with van der Waals surface area (Å²) in [6, 6.07) is 0.441. The van der Waals surface area contributed by atoms with Gasteiger partial charge >= 0.3 is 6.01 Å². The summed E-state index contributed by atoms with van der Waals surface area (Å²) in [6.45, 7) is 2.93. The van der Waals surface area contributed by atoms with E-state index in [1.165, 1.54) is 0 Å². The van der Waals surface area contributed by atoms with Crippen molar-refractivity contribution in [1.29, 1.82) is 0 Å². The van der Waals surface area contributed by atoms with E-state index in [0.29, 0.717) is 17.2 Å². The predicted octanol–water partition coefficient (Wildman–Crippen LogP) is 1.97. The number of aromatic nitrogens is 2. The van der Waals surface area contributed by atoms with E-state index in [4.69, 9.17) is 16.0 Å². The number of rotatable bonds is 5. The van der Waals surface area contributed by atoms with Gasteiger partial charge in [-0.3, -0.25) is 0 Å². The summed E-state index contributed by atoms with van der Waals surface area (Å²) in [6.07, 6.45) is 2.06. The number of nitrogens with zero attached hydrogens (tertiary/aromatic N) is 2. The molecule has 0 fully saturated rings. The zero-order chi connectivity index (χ0) is 9.68. The van der Waals surface area contributed by atoms with Gasteiger partial charge in [0.05, 0.1) is 0 Å². The Balaban J connectivity index is 2.36. The summed E-state index contributed by atoms with van der Waals surface area (Å²) in [4.78, 5) is 0. The molecule has 74 valence electrons. The smallest absolute Gasteiger partial charge is 0.315 e. The predicted molar refractivity (Wildman–Crippen MR) is 55.3 cm³/mol. The molecule has 0 spiro atoms. The monoisotopic (exact) mass is 221 g/mol. The SMILES string of the molecule is CSC(C)CNc1nnc(CCl)o1. The first-order valence-corrected chi connectivity index (χ1v) is 5.73. The molecule has 0 aromatic carbocycles. The fraction of sp³-hybridized carbons (Fsp3) is 0.714. The highest BCUT2D eigenvalue weighted by Crippen LogP contribution is 2.09. The van der Waals surface area contributed by atoms with E-state index in [0.717, 1.165) is 6.54 Å². The van der Waals surface area contributed by atoms with Crippen LogP contribution >= 0.6 is 23.4 Å². The van der Waals surface area contributed by atoms with Gasteiger partial charge in [0, 0.05) is 11.8 Å². The quantitative estimate of drug-likeness (QED) is 0.771. The summed E-state index contributed by atoms with van der Waals surface area (Å²) in [5.74, 6) is 0.702. The highest BCUT2D eigenvalue weighted by Gasteiger charge is 2.05. The van der Waals surface area contributed by atoms with E-state index in [9.17, 15) is 0 Å². The van der Waals surface area contributed by atoms with Crippen LogP contribution in [0.15, 0.2) is 4.42 Å². The lowest BCUT2D eigenvalue weighted by Crippen LogP contribution is -2.12. The molecule has 0 radical (unpaired) electrons. The van der Waals surface area contributed by atoms with Crippen molar-refractivity contribution < 1.29 is 4.42 Å². The third-order valence-electron chi connectivity index (χ3n) is 1.52. The number of halogens is 1. The zero-order valence-corrected chi connectivity index (χ0v) is 9.15. The van der Waals surface area contributed by atoms with Gasteiger partial charge in [-0.25, -0.2) is 0 Å². The minimum atomic E-state index is 0.257. The van der Waals surface area contributed by atoms with Gasteiger partial charge in [-0.2, -0.15) is 11.8 Å². The first kappa shape index (κ1) is 10.7. The Kier molecular flexibility index (Phi) is 4.38. The molecule has 4 nitrogen and oxygen atoms in total. The number of alkyl halides is 1. The third kappa shape index (κ3) is 3.44. The van der Waals surface area contributed by atoms with Crippen molar-refractivity contribution in [1.82, 2.24) is 10.2 Å². The number of anilines is 1. The Hall–Kier alpha value is -0.420. The average Bonchev–Trinajstić information content (AvgIpc) is 2.61. The molecule has 1 unspecified atom stereocenters. The lowest BCUT2D eigenvalue weighted by atomic mass is 10.5. The van der Waals surface area contributed by atoms with Gasteiger partial charge in [0.15, 0.2) is 0 Å². The van der Waals surface area contributed by atoms with Gasteiger partial charge in [-0.05, 0) is 6.26 Å². The topological polar surface area (TPSA) is 51.0 Å². The molecule has 1 atom stereocenters. The molecule has 6 heteroatoms. The summed E-state index contributed by atoms with van der Waals surface area (Å²) >= 11 is 7.28. The second-order valence-electron chi connectivity index (χ2n) is 2.56. The van der Waals surface area contributed by atoms with Crippen molar-refractivity contribution in [3.8, 4) is 0 Å². The molecule has 1 aromatic heterocycles. The fourth-order valence-electron chi connectivity index (χ4n) is 0.693. The van der Waals surface area contributed by atoms with E-state index in [2.05, 4.69) is 28.7 Å². The standard InChI is InChI=1S/C7H12ClN3OS/c1-5(13-2)4-9-7-11-10-6(3-8)12-7/h5H,3-4H2,1-2H3,(H,9,11). The lowest BCUT2D eigenvalue weighted by molar-refractivity contribution is 0.525. The van der Waals surface area contributed by atoms with Gasteiger partial charge in [-0.15, -0.1) is 16.7 Å². The van der Waals surface area contributed by atoms with Crippen molar-refractivity contribution >= 4 is 29.4 Å². The minimum absolute atomic E-state index is 0.257. The summed E-state index contributed by atoms with van der Waals surface area (Å²) in [5, 5.41) is 11.0. The lowest BCUT2D eigenvalue weighted by Gasteiger charge is -2.06. The van der Waals surface area contributed by atoms with Crippen LogP contribution in [0.1, 0.15) is 12.8 Å². The highest BCUT2D eigenvalue weighted by atomic mass is 35.5. The molecular formula is C7H12ClN3OS. The number of thioether (sulfide) groups is 1. The maximum absolute atomic E-state index is 5.50. The van der Waals surface area contributed by atoms with Crippen LogP contribution in [0.25, 0.3) is 0 Å². The van der Waals surface area contributed by atoms with E-state index in [-0.39, 0.29) is 5.88 Å². The molecule has 0 saturated heterocycles. The van der Waals surface area contributed by atoms with Gasteiger partial charge < -0.3 is 9.73 Å². The molecular weight excluding hydrogens is 210 g/mol. The van der Waals surface area contributed by atoms with Gasteiger partial charge in [0.1, 0.15) is 5.88 Å². The molecule has 0 aliphatic rings. The van der Waals surface area contributed by atoms with Gasteiger partial charge in [0.2, 0.25) is 5.89 Å². The molecule has 1 rings (SSSR count). The largest absolute Gasteiger partial charge is 0.407 e. The summed E-state index contributed by atoms with van der Waals surface area (Å²) in [5.41, 5.74) is 0. The summed E-state index contributed by atoms with van der Waals surface area (Å²) in [7, 11) is 0. The molecule has 0 aliphatic carbocycles. The Morgan fingerprint density at radius 1 is 1.62 bits per heavy atom. The fourth-order valence-corrected chi connectivity index (χ4v) is 1.05. The zero-order valence-electron chi connectivity index (χ0n) is 7.58. The molecule has 13 heavy (non-hydrogen) atoms. The molecule has 0 bridgehead atoms. The molecule has 0 aliphatic heterocycles. The van der Waals surface area contributed by atoms with Gasteiger partial charge in [0.25, 0.3) is 0 Å². The molecule has 1 N–H and O–H groups in total. The first-order chi connectivity index (χ1) is 6.26. The second kappa shape index (κ2) is 5.34. The van der Waals surface area contributed by atoms with Crippen LogP contribution in [0.2, 0.25) is 0 Å². The summed E-state index contributed by atoms with van der Waals surface area (Å²) < 4.78 is 5.15. The van der Waals surface area contributed by atoms with Crippen molar-refractivity contribution in [2.75, 3.05) is 18.1 Å². The maximum Gasteiger partial charge on any atom is 0.315 e. The Morgan fingerprint density at radius 3 is 2.92 bits per heavy atom. The molecule has 0 amide bonds. The van der Waals surface area contributed by atoms with Crippen LogP contribution < -0.4 is 5.32 Å². The minimum Gasteiger partial charge on any atom is -0.407 e. The van der Waals surface area contributed by atoms with E-state index in [1.807, 2.05) is 0 Å². The van der Waals surface area contributed by atoms with Crippen molar-refractivity contribution in [3.05, 3.63) is 5.89 Å². The van der Waals surface area contributed by atoms with Crippen molar-refractivity contribution in [3.63, 3.8) is 0 Å². The van der Waals surface area contributed by atoms with Crippen LogP contribution in [0.4, 0.5) is 6.01 Å². The highest BCUT2D eigenvalue weighted by molar-refractivity contribution is 7.99. The molecule has 0 saturated carbocycles. The first-order valence-electron chi connectivity index (χ1n) is 3.91. The maximum atomic E-state index is 5.50.